The maximum Gasteiger partial charge on any atom is 0.295 e. The van der Waals surface area contributed by atoms with Crippen LogP contribution in [0.5, 0.6) is 0 Å². The van der Waals surface area contributed by atoms with Gasteiger partial charge in [0.15, 0.2) is 0 Å². The van der Waals surface area contributed by atoms with Gasteiger partial charge in [-0.1, -0.05) is 75.9 Å². The summed E-state index contributed by atoms with van der Waals surface area (Å²) in [5.74, 6) is 0. The van der Waals surface area contributed by atoms with Crippen LogP contribution in [0.4, 0.5) is 0 Å². The largest absolute Gasteiger partial charge is 0.295 e. The lowest BCUT2D eigenvalue weighted by Crippen LogP contribution is -2.11. The molecular formula is C16H30Cl2Si. The summed E-state index contributed by atoms with van der Waals surface area (Å²) in [7, 11) is 0. The van der Waals surface area contributed by atoms with Crippen LogP contribution >= 0.6 is 22.2 Å². The molecule has 0 saturated carbocycles. The Bertz CT molecular complexity index is 223. The number of hydrogen-bond donors (Lipinski definition) is 0. The Morgan fingerprint density at radius 1 is 0.684 bits per heavy atom. The molecule has 0 aliphatic carbocycles. The fourth-order valence-corrected chi connectivity index (χ4v) is 4.06. The second kappa shape index (κ2) is 13.3. The van der Waals surface area contributed by atoms with Crippen molar-refractivity contribution in [1.29, 1.82) is 0 Å². The van der Waals surface area contributed by atoms with Crippen molar-refractivity contribution in [2.75, 3.05) is 0 Å². The molecule has 0 saturated heterocycles. The van der Waals surface area contributed by atoms with Gasteiger partial charge < -0.3 is 0 Å². The monoisotopic (exact) mass is 320 g/mol. The van der Waals surface area contributed by atoms with Gasteiger partial charge in [0.05, 0.1) is 0 Å². The minimum atomic E-state index is -2.26. The topological polar surface area (TPSA) is 0 Å². The molecule has 3 heteroatoms. The second-order valence-electron chi connectivity index (χ2n) is 5.18. The summed E-state index contributed by atoms with van der Waals surface area (Å²) < 4.78 is 0. The van der Waals surface area contributed by atoms with Gasteiger partial charge in [-0.2, -0.15) is 0 Å². The average Bonchev–Trinajstić information content (AvgIpc) is 2.38. The normalized spacial score (nSPS) is 12.8. The molecule has 0 N–H and O–H groups in total. The van der Waals surface area contributed by atoms with E-state index in [9.17, 15) is 0 Å². The van der Waals surface area contributed by atoms with Gasteiger partial charge in [-0.05, 0) is 25.7 Å². The molecule has 0 aliphatic rings. The van der Waals surface area contributed by atoms with Gasteiger partial charge >= 0.3 is 0 Å². The van der Waals surface area contributed by atoms with Gasteiger partial charge in [0.1, 0.15) is 0 Å². The zero-order chi connectivity index (χ0) is 14.4. The first-order chi connectivity index (χ1) is 9.12. The molecule has 0 aromatic heterocycles. The van der Waals surface area contributed by atoms with Crippen LogP contribution in [0, 0.1) is 0 Å². The molecule has 0 amide bonds. The first-order valence-corrected chi connectivity index (χ1v) is 12.0. The van der Waals surface area contributed by atoms with Crippen molar-refractivity contribution in [3.63, 3.8) is 0 Å². The molecule has 112 valence electrons. The highest BCUT2D eigenvalue weighted by Crippen LogP contribution is 2.19. The third kappa shape index (κ3) is 14.5. The zero-order valence-electron chi connectivity index (χ0n) is 12.6. The third-order valence-corrected chi connectivity index (χ3v) is 6.00. The summed E-state index contributed by atoms with van der Waals surface area (Å²) in [6.07, 6.45) is 16.9. The Labute approximate surface area is 130 Å². The predicted molar refractivity (Wildman–Crippen MR) is 93.3 cm³/mol. The summed E-state index contributed by atoms with van der Waals surface area (Å²) in [5.41, 5.74) is 4.09. The molecule has 0 aliphatic heterocycles. The summed E-state index contributed by atoms with van der Waals surface area (Å²) in [4.78, 5) is 0. The number of halogens is 2. The van der Waals surface area contributed by atoms with E-state index in [1.807, 2.05) is 11.4 Å². The van der Waals surface area contributed by atoms with Crippen molar-refractivity contribution >= 4 is 28.9 Å². The molecule has 0 radical (unpaired) electrons. The molecule has 0 bridgehead atoms. The summed E-state index contributed by atoms with van der Waals surface area (Å²) in [5, 5.41) is 0. The van der Waals surface area contributed by atoms with Gasteiger partial charge in [0.25, 0.3) is 6.69 Å². The maximum atomic E-state index is 6.35. The molecule has 0 rings (SSSR count). The summed E-state index contributed by atoms with van der Waals surface area (Å²) in [6, 6.07) is 0. The highest BCUT2D eigenvalue weighted by Gasteiger charge is 2.19. The zero-order valence-corrected chi connectivity index (χ0v) is 15.1. The number of hydrogen-bond acceptors (Lipinski definition) is 0. The molecule has 0 heterocycles. The van der Waals surface area contributed by atoms with Crippen LogP contribution in [-0.4, -0.2) is 6.69 Å². The van der Waals surface area contributed by atoms with Crippen molar-refractivity contribution < 1.29 is 0 Å². The molecule has 0 spiro atoms. The minimum Gasteiger partial charge on any atom is -0.135 e. The Hall–Kier alpha value is 0.277. The molecule has 0 aromatic rings. The van der Waals surface area contributed by atoms with E-state index in [0.717, 1.165) is 12.8 Å². The summed E-state index contributed by atoms with van der Waals surface area (Å²) in [6.45, 7) is 2.21. The van der Waals surface area contributed by atoms with Gasteiger partial charge in [-0.25, -0.2) is 0 Å². The van der Waals surface area contributed by atoms with E-state index in [2.05, 4.69) is 26.0 Å². The molecule has 0 atom stereocenters. The van der Waals surface area contributed by atoms with Gasteiger partial charge in [-0.15, -0.1) is 22.2 Å². The highest BCUT2D eigenvalue weighted by atomic mass is 35.7. The van der Waals surface area contributed by atoms with Crippen molar-refractivity contribution in [2.45, 2.75) is 78.1 Å². The Morgan fingerprint density at radius 2 is 1.11 bits per heavy atom. The van der Waals surface area contributed by atoms with Crippen LogP contribution in [0.25, 0.3) is 0 Å². The van der Waals surface area contributed by atoms with E-state index >= 15 is 0 Å². The van der Waals surface area contributed by atoms with Crippen LogP contribution in [0.1, 0.15) is 78.1 Å². The summed E-state index contributed by atoms with van der Waals surface area (Å²) >= 11 is 12.7. The van der Waals surface area contributed by atoms with E-state index in [1.165, 1.54) is 51.4 Å². The fourth-order valence-electron chi connectivity index (χ4n) is 1.91. The van der Waals surface area contributed by atoms with Crippen molar-refractivity contribution in [2.24, 2.45) is 0 Å². The van der Waals surface area contributed by atoms with Crippen LogP contribution in [-0.2, 0) is 0 Å². The van der Waals surface area contributed by atoms with Gasteiger partial charge in [-0.3, -0.25) is 0 Å². The standard InChI is InChI=1S/C16H30Cl2Si/c1-3-5-7-9-11-13-15-19(17,18)16-14-12-10-8-6-4-2/h13-16H,3-12H2,1-2H3/b15-13+,16-14+. The lowest BCUT2D eigenvalue weighted by molar-refractivity contribution is 0.674. The smallest absolute Gasteiger partial charge is 0.135 e. The molecular weight excluding hydrogens is 291 g/mol. The SMILES string of the molecule is CCCCCC/C=C/[Si](Cl)(Cl)/C=C/CCCCCC. The molecule has 0 nitrogen and oxygen atoms in total. The van der Waals surface area contributed by atoms with Gasteiger partial charge in [0, 0.05) is 0 Å². The molecule has 0 aromatic carbocycles. The van der Waals surface area contributed by atoms with Crippen LogP contribution < -0.4 is 0 Å². The third-order valence-electron chi connectivity index (χ3n) is 3.13. The number of allylic oxidation sites excluding steroid dienone is 2. The predicted octanol–water partition coefficient (Wildman–Crippen LogP) is 7.04. The van der Waals surface area contributed by atoms with Gasteiger partial charge in [0.2, 0.25) is 0 Å². The van der Waals surface area contributed by atoms with Crippen molar-refractivity contribution in [3.05, 3.63) is 23.6 Å². The van der Waals surface area contributed by atoms with E-state index < -0.39 is 6.69 Å². The fraction of sp³-hybridized carbons (Fsp3) is 0.750. The average molecular weight is 321 g/mol. The lowest BCUT2D eigenvalue weighted by atomic mass is 10.2. The molecule has 0 fully saturated rings. The van der Waals surface area contributed by atoms with Crippen LogP contribution in [0.2, 0.25) is 0 Å². The van der Waals surface area contributed by atoms with E-state index in [1.54, 1.807) is 0 Å². The Kier molecular flexibility index (Phi) is 13.5. The second-order valence-corrected chi connectivity index (χ2v) is 11.5. The van der Waals surface area contributed by atoms with E-state index in [4.69, 9.17) is 22.2 Å². The Balaban J connectivity index is 3.70. The van der Waals surface area contributed by atoms with E-state index in [0.29, 0.717) is 0 Å². The quantitative estimate of drug-likeness (QED) is 0.205. The number of unbranched alkanes of at least 4 members (excludes halogenated alkanes) is 8. The maximum absolute atomic E-state index is 6.35. The lowest BCUT2D eigenvalue weighted by Gasteiger charge is -2.05. The first kappa shape index (κ1) is 19.3. The van der Waals surface area contributed by atoms with Crippen molar-refractivity contribution in [1.82, 2.24) is 0 Å². The van der Waals surface area contributed by atoms with Crippen LogP contribution in [0.15, 0.2) is 23.6 Å². The molecule has 19 heavy (non-hydrogen) atoms. The van der Waals surface area contributed by atoms with Crippen molar-refractivity contribution in [3.8, 4) is 0 Å². The first-order valence-electron chi connectivity index (χ1n) is 7.85. The highest BCUT2D eigenvalue weighted by molar-refractivity contribution is 7.49. The number of rotatable bonds is 12. The molecule has 0 unspecified atom stereocenters. The van der Waals surface area contributed by atoms with Crippen LogP contribution in [0.3, 0.4) is 0 Å². The minimum absolute atomic E-state index is 1.11. The van der Waals surface area contributed by atoms with E-state index in [-0.39, 0.29) is 0 Å². The Morgan fingerprint density at radius 3 is 1.47 bits per heavy atom.